The van der Waals surface area contributed by atoms with Crippen LogP contribution in [0, 0.1) is 24.2 Å². The normalized spacial score (nSPS) is 24.1. The molecule has 2 aromatic heterocycles. The van der Waals surface area contributed by atoms with Crippen LogP contribution in [-0.2, 0) is 11.3 Å². The van der Waals surface area contributed by atoms with Crippen molar-refractivity contribution in [3.8, 4) is 0 Å². The monoisotopic (exact) mass is 547 g/mol. The van der Waals surface area contributed by atoms with Crippen LogP contribution in [-0.4, -0.2) is 69.7 Å². The predicted octanol–water partition coefficient (Wildman–Crippen LogP) is 4.33. The van der Waals surface area contributed by atoms with Gasteiger partial charge in [0.1, 0.15) is 16.5 Å². The predicted molar refractivity (Wildman–Crippen MR) is 147 cm³/mol. The molecule has 3 aliphatic rings. The minimum absolute atomic E-state index is 0.171. The Bertz CT molecular complexity index is 1150. The highest BCUT2D eigenvalue weighted by Crippen LogP contribution is 2.47. The standard InChI is InChI=1S/C27H38ClN5O3S/c1-16-18(3)36-15-27(16)7-10-32(11-8-27)23-20(14-34)31-25(17(2)30-23)37-21-6-9-29-24(22(21)28)33-12-19(13-33)26(4,5)35/h6,9,16,18-19,34-35H,7-8,10-15H2,1-5H3/t16-,18+/m1/s1. The highest BCUT2D eigenvalue weighted by atomic mass is 35.5. The number of aromatic nitrogens is 3. The number of piperidine rings is 1. The van der Waals surface area contributed by atoms with Crippen LogP contribution in [0.2, 0.25) is 5.02 Å². The van der Waals surface area contributed by atoms with Crippen LogP contribution in [0.3, 0.4) is 0 Å². The minimum atomic E-state index is -0.721. The average molecular weight is 548 g/mol. The number of halogens is 1. The van der Waals surface area contributed by atoms with Gasteiger partial charge < -0.3 is 24.7 Å². The maximum Gasteiger partial charge on any atom is 0.153 e. The Morgan fingerprint density at radius 3 is 2.46 bits per heavy atom. The van der Waals surface area contributed by atoms with Gasteiger partial charge in [0, 0.05) is 48.6 Å². The van der Waals surface area contributed by atoms with Crippen molar-refractivity contribution in [1.82, 2.24) is 15.0 Å². The van der Waals surface area contributed by atoms with Gasteiger partial charge in [0.2, 0.25) is 0 Å². The Kier molecular flexibility index (Phi) is 7.39. The zero-order valence-corrected chi connectivity index (χ0v) is 23.9. The van der Waals surface area contributed by atoms with Crippen LogP contribution in [0.25, 0.3) is 0 Å². The molecule has 2 N–H and O–H groups in total. The number of nitrogens with zero attached hydrogens (tertiary/aromatic N) is 5. The molecular weight excluding hydrogens is 510 g/mol. The maximum absolute atomic E-state index is 10.3. The van der Waals surface area contributed by atoms with Crippen LogP contribution in [0.1, 0.15) is 51.9 Å². The van der Waals surface area contributed by atoms with Gasteiger partial charge in [0.15, 0.2) is 5.82 Å². The molecule has 0 unspecified atom stereocenters. The van der Waals surface area contributed by atoms with Gasteiger partial charge in [-0.2, -0.15) is 0 Å². The van der Waals surface area contributed by atoms with E-state index in [1.54, 1.807) is 6.20 Å². The van der Waals surface area contributed by atoms with E-state index in [4.69, 9.17) is 26.3 Å². The first-order valence-corrected chi connectivity index (χ1v) is 14.4. The first-order valence-electron chi connectivity index (χ1n) is 13.2. The summed E-state index contributed by atoms with van der Waals surface area (Å²) in [5, 5.41) is 21.8. The van der Waals surface area contributed by atoms with Gasteiger partial charge in [-0.05, 0) is 52.5 Å². The third-order valence-electron chi connectivity index (χ3n) is 8.81. The van der Waals surface area contributed by atoms with Crippen LogP contribution >= 0.6 is 23.4 Å². The van der Waals surface area contributed by atoms with E-state index in [1.807, 2.05) is 26.8 Å². The van der Waals surface area contributed by atoms with E-state index in [1.165, 1.54) is 11.8 Å². The molecule has 0 aromatic carbocycles. The Labute approximate surface area is 228 Å². The average Bonchev–Trinajstić information content (AvgIpc) is 3.09. The molecule has 3 saturated heterocycles. The van der Waals surface area contributed by atoms with Gasteiger partial charge in [-0.1, -0.05) is 30.3 Å². The molecular formula is C27H38ClN5O3S. The van der Waals surface area contributed by atoms with Gasteiger partial charge in [0.05, 0.1) is 35.6 Å². The van der Waals surface area contributed by atoms with Crippen molar-refractivity contribution in [3.63, 3.8) is 0 Å². The number of aryl methyl sites for hydroxylation is 1. The molecule has 10 heteroatoms. The van der Waals surface area contributed by atoms with Crippen molar-refractivity contribution in [2.24, 2.45) is 17.3 Å². The molecule has 0 aliphatic carbocycles. The van der Waals surface area contributed by atoms with E-state index in [0.29, 0.717) is 35.8 Å². The summed E-state index contributed by atoms with van der Waals surface area (Å²) in [7, 11) is 0. The third-order valence-corrected chi connectivity index (χ3v) is 10.4. The summed E-state index contributed by atoms with van der Waals surface area (Å²) in [6, 6.07) is 1.88. The van der Waals surface area contributed by atoms with Crippen molar-refractivity contribution in [2.75, 3.05) is 42.6 Å². The van der Waals surface area contributed by atoms with Crippen LogP contribution < -0.4 is 9.80 Å². The lowest BCUT2D eigenvalue weighted by Gasteiger charge is -2.46. The molecule has 202 valence electrons. The van der Waals surface area contributed by atoms with Crippen molar-refractivity contribution < 1.29 is 14.9 Å². The fraction of sp³-hybridized carbons (Fsp3) is 0.667. The fourth-order valence-corrected chi connectivity index (χ4v) is 6.95. The zero-order chi connectivity index (χ0) is 26.5. The zero-order valence-electron chi connectivity index (χ0n) is 22.4. The van der Waals surface area contributed by atoms with E-state index < -0.39 is 5.60 Å². The number of aliphatic hydroxyl groups is 2. The Hall–Kier alpha value is -1.65. The first-order chi connectivity index (χ1) is 17.5. The van der Waals surface area contributed by atoms with Crippen LogP contribution in [0.5, 0.6) is 0 Å². The highest BCUT2D eigenvalue weighted by Gasteiger charge is 2.47. The van der Waals surface area contributed by atoms with Gasteiger partial charge >= 0.3 is 0 Å². The number of rotatable bonds is 6. The summed E-state index contributed by atoms with van der Waals surface area (Å²) in [6.45, 7) is 14.0. The van der Waals surface area contributed by atoms with Gasteiger partial charge in [-0.25, -0.2) is 15.0 Å². The second-order valence-corrected chi connectivity index (χ2v) is 12.9. The Balaban J connectivity index is 1.32. The second kappa shape index (κ2) is 10.2. The van der Waals surface area contributed by atoms with E-state index in [2.05, 4.69) is 28.6 Å². The molecule has 37 heavy (non-hydrogen) atoms. The Morgan fingerprint density at radius 2 is 1.86 bits per heavy atom. The smallest absolute Gasteiger partial charge is 0.153 e. The number of hydrogen-bond acceptors (Lipinski definition) is 9. The molecule has 0 bridgehead atoms. The van der Waals surface area contributed by atoms with Gasteiger partial charge in [-0.15, -0.1) is 0 Å². The number of hydrogen-bond donors (Lipinski definition) is 2. The SMILES string of the molecule is Cc1nc(N2CCC3(CC2)CO[C@@H](C)[C@H]3C)c(CO)nc1Sc1ccnc(N2CC(C(C)(C)O)C2)c1Cl. The quantitative estimate of drug-likeness (QED) is 0.548. The topological polar surface area (TPSA) is 94.8 Å². The molecule has 2 atom stereocenters. The minimum Gasteiger partial charge on any atom is -0.390 e. The van der Waals surface area contributed by atoms with Crippen molar-refractivity contribution in [1.29, 1.82) is 0 Å². The number of anilines is 2. The number of pyridine rings is 1. The molecule has 8 nitrogen and oxygen atoms in total. The number of ether oxygens (including phenoxy) is 1. The lowest BCUT2D eigenvalue weighted by Crippen LogP contribution is -2.56. The summed E-state index contributed by atoms with van der Waals surface area (Å²) in [4.78, 5) is 19.4. The second-order valence-electron chi connectivity index (χ2n) is 11.5. The molecule has 1 spiro atoms. The molecule has 3 aliphatic heterocycles. The van der Waals surface area contributed by atoms with Gasteiger partial charge in [0.25, 0.3) is 0 Å². The molecule has 0 radical (unpaired) electrons. The van der Waals surface area contributed by atoms with Crippen molar-refractivity contribution in [3.05, 3.63) is 28.7 Å². The molecule has 0 saturated carbocycles. The molecule has 2 aromatic rings. The van der Waals surface area contributed by atoms with Gasteiger partial charge in [-0.3, -0.25) is 0 Å². The van der Waals surface area contributed by atoms with E-state index in [-0.39, 0.29) is 17.9 Å². The molecule has 0 amide bonds. The summed E-state index contributed by atoms with van der Waals surface area (Å²) in [5.74, 6) is 2.23. The summed E-state index contributed by atoms with van der Waals surface area (Å²) in [5.41, 5.74) is 0.923. The van der Waals surface area contributed by atoms with Crippen molar-refractivity contribution >= 4 is 35.0 Å². The lowest BCUT2D eigenvalue weighted by molar-refractivity contribution is 0.00438. The maximum atomic E-state index is 10.3. The highest BCUT2D eigenvalue weighted by molar-refractivity contribution is 7.99. The van der Waals surface area contributed by atoms with Crippen LogP contribution in [0.4, 0.5) is 11.6 Å². The molecule has 5 rings (SSSR count). The number of aliphatic hydroxyl groups excluding tert-OH is 1. The van der Waals surface area contributed by atoms with E-state index >= 15 is 0 Å². The molecule has 5 heterocycles. The summed E-state index contributed by atoms with van der Waals surface area (Å²) < 4.78 is 5.98. The van der Waals surface area contributed by atoms with Crippen LogP contribution in [0.15, 0.2) is 22.2 Å². The van der Waals surface area contributed by atoms with E-state index in [9.17, 15) is 10.2 Å². The summed E-state index contributed by atoms with van der Waals surface area (Å²) >= 11 is 8.23. The molecule has 3 fully saturated rings. The fourth-order valence-electron chi connectivity index (χ4n) is 5.73. The third kappa shape index (κ3) is 5.05. The first kappa shape index (κ1) is 26.9. The van der Waals surface area contributed by atoms with E-state index in [0.717, 1.165) is 59.8 Å². The largest absolute Gasteiger partial charge is 0.390 e. The van der Waals surface area contributed by atoms with Crippen molar-refractivity contribution in [2.45, 2.75) is 75.7 Å². The lowest BCUT2D eigenvalue weighted by atomic mass is 9.70. The Morgan fingerprint density at radius 1 is 1.16 bits per heavy atom. The summed E-state index contributed by atoms with van der Waals surface area (Å²) in [6.07, 6.45) is 4.17.